The zero-order valence-electron chi connectivity index (χ0n) is 10.5. The van der Waals surface area contributed by atoms with Gasteiger partial charge in [0.1, 0.15) is 0 Å². The topological polar surface area (TPSA) is 81.8 Å². The lowest BCUT2D eigenvalue weighted by molar-refractivity contribution is -0.137. The molecule has 0 saturated carbocycles. The molecule has 5 heteroatoms. The van der Waals surface area contributed by atoms with Crippen LogP contribution < -0.4 is 5.73 Å². The number of carboxylic acids is 1. The highest BCUT2D eigenvalue weighted by Crippen LogP contribution is 1.99. The van der Waals surface area contributed by atoms with Gasteiger partial charge < -0.3 is 20.3 Å². The van der Waals surface area contributed by atoms with Gasteiger partial charge in [0.05, 0.1) is 13.2 Å². The van der Waals surface area contributed by atoms with Gasteiger partial charge in [0.2, 0.25) is 0 Å². The molecule has 0 amide bonds. The van der Waals surface area contributed by atoms with Crippen LogP contribution in [0.5, 0.6) is 0 Å². The van der Waals surface area contributed by atoms with Gasteiger partial charge >= 0.3 is 5.97 Å². The first kappa shape index (κ1) is 16.4. The van der Waals surface area contributed by atoms with Crippen LogP contribution in [-0.4, -0.2) is 44.0 Å². The van der Waals surface area contributed by atoms with Crippen molar-refractivity contribution in [3.63, 3.8) is 0 Å². The van der Waals surface area contributed by atoms with Crippen LogP contribution >= 0.6 is 0 Å². The zero-order chi connectivity index (χ0) is 12.8. The maximum atomic E-state index is 10.2. The Kier molecular flexibility index (Phi) is 12.9. The third-order valence-corrected chi connectivity index (χ3v) is 2.29. The van der Waals surface area contributed by atoms with E-state index in [-0.39, 0.29) is 6.42 Å². The zero-order valence-corrected chi connectivity index (χ0v) is 10.5. The summed E-state index contributed by atoms with van der Waals surface area (Å²) < 4.78 is 10.7. The number of hydrogen-bond acceptors (Lipinski definition) is 4. The molecule has 0 heterocycles. The van der Waals surface area contributed by atoms with Crippen LogP contribution in [0.25, 0.3) is 0 Å². The molecule has 0 bridgehead atoms. The Labute approximate surface area is 103 Å². The molecule has 0 radical (unpaired) electrons. The summed E-state index contributed by atoms with van der Waals surface area (Å²) in [5, 5.41) is 8.42. The van der Waals surface area contributed by atoms with Gasteiger partial charge in [-0.3, -0.25) is 4.79 Å². The van der Waals surface area contributed by atoms with Gasteiger partial charge in [0.25, 0.3) is 0 Å². The Morgan fingerprint density at radius 2 is 1.47 bits per heavy atom. The first-order chi connectivity index (χ1) is 8.27. The summed E-state index contributed by atoms with van der Waals surface area (Å²) in [6.45, 7) is 3.39. The molecule has 0 aliphatic rings. The Morgan fingerprint density at radius 3 is 2.00 bits per heavy atom. The van der Waals surface area contributed by atoms with E-state index in [0.717, 1.165) is 45.3 Å². The Hall–Kier alpha value is -0.650. The van der Waals surface area contributed by atoms with E-state index in [1.807, 2.05) is 0 Å². The molecular formula is C12H25NO4. The molecule has 0 aliphatic carbocycles. The lowest BCUT2D eigenvalue weighted by Gasteiger charge is -2.05. The van der Waals surface area contributed by atoms with Crippen molar-refractivity contribution in [2.24, 2.45) is 5.73 Å². The van der Waals surface area contributed by atoms with E-state index < -0.39 is 5.97 Å². The minimum absolute atomic E-state index is 0.254. The van der Waals surface area contributed by atoms with Crippen molar-refractivity contribution in [2.75, 3.05) is 33.0 Å². The highest BCUT2D eigenvalue weighted by molar-refractivity contribution is 5.66. The molecule has 0 aromatic rings. The smallest absolute Gasteiger partial charge is 0.303 e. The second kappa shape index (κ2) is 13.4. The van der Waals surface area contributed by atoms with E-state index >= 15 is 0 Å². The first-order valence-electron chi connectivity index (χ1n) is 6.34. The fourth-order valence-corrected chi connectivity index (χ4v) is 1.33. The molecule has 0 aromatic heterocycles. The normalized spacial score (nSPS) is 10.6. The number of carbonyl (C=O) groups is 1. The first-order valence-corrected chi connectivity index (χ1v) is 6.34. The monoisotopic (exact) mass is 247 g/mol. The Morgan fingerprint density at radius 1 is 0.882 bits per heavy atom. The van der Waals surface area contributed by atoms with Crippen LogP contribution in [0.4, 0.5) is 0 Å². The standard InChI is InChI=1S/C12H25NO4/c13-7-3-5-9-17-11-10-16-8-4-1-2-6-12(14)15/h1-11,13H2,(H,14,15). The summed E-state index contributed by atoms with van der Waals surface area (Å²) in [4.78, 5) is 10.2. The summed E-state index contributed by atoms with van der Waals surface area (Å²) in [5.74, 6) is -0.725. The van der Waals surface area contributed by atoms with Crippen molar-refractivity contribution in [3.05, 3.63) is 0 Å². The number of unbranched alkanes of at least 4 members (excludes halogenated alkanes) is 3. The molecule has 0 unspecified atom stereocenters. The molecule has 0 saturated heterocycles. The third-order valence-electron chi connectivity index (χ3n) is 2.29. The van der Waals surface area contributed by atoms with Crippen LogP contribution in [0.3, 0.4) is 0 Å². The average molecular weight is 247 g/mol. The number of carboxylic acid groups (broad SMARTS) is 1. The van der Waals surface area contributed by atoms with E-state index in [1.54, 1.807) is 0 Å². The van der Waals surface area contributed by atoms with Crippen molar-refractivity contribution >= 4 is 5.97 Å². The average Bonchev–Trinajstić information content (AvgIpc) is 2.30. The molecule has 17 heavy (non-hydrogen) atoms. The van der Waals surface area contributed by atoms with E-state index in [2.05, 4.69) is 0 Å². The molecule has 0 aliphatic heterocycles. The summed E-state index contributed by atoms with van der Waals surface area (Å²) in [7, 11) is 0. The minimum Gasteiger partial charge on any atom is -0.481 e. The predicted molar refractivity (Wildman–Crippen MR) is 66.0 cm³/mol. The van der Waals surface area contributed by atoms with Crippen LogP contribution in [0.15, 0.2) is 0 Å². The van der Waals surface area contributed by atoms with Crippen LogP contribution in [0.2, 0.25) is 0 Å². The Bertz CT molecular complexity index is 176. The van der Waals surface area contributed by atoms with Crippen LogP contribution in [0.1, 0.15) is 38.5 Å². The SMILES string of the molecule is NCCCCOCCOCCCCCC(=O)O. The van der Waals surface area contributed by atoms with Gasteiger partial charge in [-0.25, -0.2) is 0 Å². The van der Waals surface area contributed by atoms with E-state index in [9.17, 15) is 4.79 Å². The summed E-state index contributed by atoms with van der Waals surface area (Å²) in [6, 6.07) is 0. The largest absolute Gasteiger partial charge is 0.481 e. The van der Waals surface area contributed by atoms with Crippen molar-refractivity contribution in [3.8, 4) is 0 Å². The summed E-state index contributed by atoms with van der Waals surface area (Å²) in [5.41, 5.74) is 5.35. The van der Waals surface area contributed by atoms with E-state index in [1.165, 1.54) is 0 Å². The molecular weight excluding hydrogens is 222 g/mol. The minimum atomic E-state index is -0.725. The molecule has 0 fully saturated rings. The fraction of sp³-hybridized carbons (Fsp3) is 0.917. The molecule has 0 atom stereocenters. The lowest BCUT2D eigenvalue weighted by atomic mass is 10.2. The summed E-state index contributed by atoms with van der Waals surface area (Å²) in [6.07, 6.45) is 4.82. The van der Waals surface area contributed by atoms with Crippen molar-refractivity contribution in [1.29, 1.82) is 0 Å². The number of aliphatic carboxylic acids is 1. The highest BCUT2D eigenvalue weighted by atomic mass is 16.5. The quantitative estimate of drug-likeness (QED) is 0.481. The lowest BCUT2D eigenvalue weighted by Crippen LogP contribution is -2.07. The number of nitrogens with two attached hydrogens (primary N) is 1. The highest BCUT2D eigenvalue weighted by Gasteiger charge is 1.96. The Balaban J connectivity index is 2.91. The van der Waals surface area contributed by atoms with Gasteiger partial charge in [-0.1, -0.05) is 6.42 Å². The van der Waals surface area contributed by atoms with Crippen LogP contribution in [0, 0.1) is 0 Å². The molecule has 0 rings (SSSR count). The third kappa shape index (κ3) is 15.4. The van der Waals surface area contributed by atoms with Gasteiger partial charge in [0.15, 0.2) is 0 Å². The van der Waals surface area contributed by atoms with Crippen LogP contribution in [-0.2, 0) is 14.3 Å². The molecule has 3 N–H and O–H groups in total. The maximum absolute atomic E-state index is 10.2. The molecule has 102 valence electrons. The maximum Gasteiger partial charge on any atom is 0.303 e. The van der Waals surface area contributed by atoms with Crippen molar-refractivity contribution in [2.45, 2.75) is 38.5 Å². The fourth-order valence-electron chi connectivity index (χ4n) is 1.33. The van der Waals surface area contributed by atoms with Gasteiger partial charge in [-0.05, 0) is 32.2 Å². The summed E-state index contributed by atoms with van der Waals surface area (Å²) >= 11 is 0. The van der Waals surface area contributed by atoms with Crippen molar-refractivity contribution in [1.82, 2.24) is 0 Å². The van der Waals surface area contributed by atoms with Gasteiger partial charge in [0, 0.05) is 19.6 Å². The number of ether oxygens (including phenoxy) is 2. The van der Waals surface area contributed by atoms with E-state index in [4.69, 9.17) is 20.3 Å². The van der Waals surface area contributed by atoms with Crippen molar-refractivity contribution < 1.29 is 19.4 Å². The molecule has 5 nitrogen and oxygen atoms in total. The van der Waals surface area contributed by atoms with E-state index in [0.29, 0.717) is 19.8 Å². The van der Waals surface area contributed by atoms with Gasteiger partial charge in [-0.2, -0.15) is 0 Å². The van der Waals surface area contributed by atoms with Gasteiger partial charge in [-0.15, -0.1) is 0 Å². The molecule has 0 aromatic carbocycles. The predicted octanol–water partition coefficient (Wildman–Crippen LogP) is 1.40. The molecule has 0 spiro atoms. The number of rotatable bonds is 13. The number of hydrogen-bond donors (Lipinski definition) is 2. The second-order valence-corrected chi connectivity index (χ2v) is 3.92. The second-order valence-electron chi connectivity index (χ2n) is 3.92.